The number of fused-ring (bicyclic) bond motifs is 3. The van der Waals surface area contributed by atoms with Gasteiger partial charge in [-0.15, -0.1) is 6.42 Å². The fourth-order valence-corrected chi connectivity index (χ4v) is 3.09. The fraction of sp³-hybridized carbons (Fsp3) is 0.692. The van der Waals surface area contributed by atoms with Crippen LogP contribution >= 0.6 is 0 Å². The van der Waals surface area contributed by atoms with Crippen molar-refractivity contribution in [3.63, 3.8) is 0 Å². The van der Waals surface area contributed by atoms with Gasteiger partial charge in [0, 0.05) is 18.8 Å². The van der Waals surface area contributed by atoms with E-state index < -0.39 is 0 Å². The molecule has 1 nitrogen and oxygen atoms in total. The zero-order chi connectivity index (χ0) is 9.80. The molecule has 3 saturated carbocycles. The van der Waals surface area contributed by atoms with Crippen molar-refractivity contribution in [3.05, 3.63) is 12.3 Å². The summed E-state index contributed by atoms with van der Waals surface area (Å²) in [6.45, 7) is 1.12. The second kappa shape index (κ2) is 4.55. The van der Waals surface area contributed by atoms with E-state index in [1.54, 1.807) is 6.08 Å². The van der Waals surface area contributed by atoms with Crippen LogP contribution in [0.3, 0.4) is 0 Å². The second-order valence-electron chi connectivity index (χ2n) is 4.68. The lowest BCUT2D eigenvalue weighted by molar-refractivity contribution is 0.101. The van der Waals surface area contributed by atoms with Crippen LogP contribution in [0.15, 0.2) is 12.3 Å². The van der Waals surface area contributed by atoms with E-state index in [2.05, 4.69) is 11.2 Å². The lowest BCUT2D eigenvalue weighted by Gasteiger charge is -2.42. The van der Waals surface area contributed by atoms with E-state index in [0.29, 0.717) is 0 Å². The molecule has 0 heterocycles. The SMILES string of the molecule is C#C/C=C/NCC1CC2CCC1CC2. The maximum Gasteiger partial charge on any atom is 0.0172 e. The van der Waals surface area contributed by atoms with Crippen LogP contribution in [0.4, 0.5) is 0 Å². The summed E-state index contributed by atoms with van der Waals surface area (Å²) in [6, 6.07) is 0. The van der Waals surface area contributed by atoms with Crippen molar-refractivity contribution in [1.29, 1.82) is 0 Å². The molecule has 0 aromatic carbocycles. The van der Waals surface area contributed by atoms with Crippen LogP contribution in [0.5, 0.6) is 0 Å². The van der Waals surface area contributed by atoms with Crippen molar-refractivity contribution >= 4 is 0 Å². The first-order chi connectivity index (χ1) is 6.90. The standard InChI is InChI=1S/C13H19N/c1-2-3-8-14-10-13-9-11-4-6-12(13)7-5-11/h1,3,8,11-14H,4-7,9-10H2/b8-3+. The smallest absolute Gasteiger partial charge is 0.0172 e. The second-order valence-corrected chi connectivity index (χ2v) is 4.68. The summed E-state index contributed by atoms with van der Waals surface area (Å²) >= 11 is 0. The Hall–Kier alpha value is -0.900. The highest BCUT2D eigenvalue weighted by Gasteiger charge is 2.34. The molecule has 3 fully saturated rings. The van der Waals surface area contributed by atoms with E-state index in [9.17, 15) is 0 Å². The predicted molar refractivity (Wildman–Crippen MR) is 59.5 cm³/mol. The largest absolute Gasteiger partial charge is 0.390 e. The van der Waals surface area contributed by atoms with E-state index in [4.69, 9.17) is 6.42 Å². The lowest BCUT2D eigenvalue weighted by atomic mass is 9.65. The molecule has 1 atom stereocenters. The molecule has 0 aliphatic heterocycles. The Morgan fingerprint density at radius 2 is 2.07 bits per heavy atom. The van der Waals surface area contributed by atoms with Crippen LogP contribution in [-0.4, -0.2) is 6.54 Å². The Morgan fingerprint density at radius 1 is 1.29 bits per heavy atom. The zero-order valence-electron chi connectivity index (χ0n) is 8.71. The van der Waals surface area contributed by atoms with Crippen LogP contribution < -0.4 is 5.32 Å². The number of nitrogens with one attached hydrogen (secondary N) is 1. The third-order valence-electron chi connectivity index (χ3n) is 3.87. The fourth-order valence-electron chi connectivity index (χ4n) is 3.09. The summed E-state index contributed by atoms with van der Waals surface area (Å²) in [5.74, 6) is 5.43. The topological polar surface area (TPSA) is 12.0 Å². The van der Waals surface area contributed by atoms with Gasteiger partial charge in [0.1, 0.15) is 0 Å². The lowest BCUT2D eigenvalue weighted by Crippen LogP contribution is -2.36. The number of hydrogen-bond acceptors (Lipinski definition) is 1. The van der Waals surface area contributed by atoms with Gasteiger partial charge in [-0.1, -0.05) is 18.8 Å². The van der Waals surface area contributed by atoms with Gasteiger partial charge < -0.3 is 5.32 Å². The summed E-state index contributed by atoms with van der Waals surface area (Å²) in [4.78, 5) is 0. The Balaban J connectivity index is 1.76. The van der Waals surface area contributed by atoms with Crippen LogP contribution in [-0.2, 0) is 0 Å². The molecule has 14 heavy (non-hydrogen) atoms. The average molecular weight is 189 g/mol. The maximum absolute atomic E-state index is 5.13. The average Bonchev–Trinajstić information content (AvgIpc) is 2.26. The molecule has 2 bridgehead atoms. The molecule has 0 saturated heterocycles. The summed E-state index contributed by atoms with van der Waals surface area (Å²) in [5.41, 5.74) is 0. The normalized spacial score (nSPS) is 35.8. The molecule has 1 N–H and O–H groups in total. The molecule has 0 aromatic rings. The van der Waals surface area contributed by atoms with Gasteiger partial charge in [-0.3, -0.25) is 0 Å². The monoisotopic (exact) mass is 189 g/mol. The van der Waals surface area contributed by atoms with Crippen molar-refractivity contribution in [2.24, 2.45) is 17.8 Å². The van der Waals surface area contributed by atoms with Crippen LogP contribution in [0.2, 0.25) is 0 Å². The molecule has 0 radical (unpaired) electrons. The van der Waals surface area contributed by atoms with Crippen molar-refractivity contribution in [3.8, 4) is 12.3 Å². The molecule has 1 heteroatoms. The highest BCUT2D eigenvalue weighted by molar-refractivity contribution is 5.07. The van der Waals surface area contributed by atoms with Crippen LogP contribution in [0.1, 0.15) is 32.1 Å². The Morgan fingerprint density at radius 3 is 2.64 bits per heavy atom. The van der Waals surface area contributed by atoms with E-state index in [1.165, 1.54) is 32.1 Å². The highest BCUT2D eigenvalue weighted by atomic mass is 14.8. The van der Waals surface area contributed by atoms with Gasteiger partial charge in [-0.25, -0.2) is 0 Å². The third-order valence-corrected chi connectivity index (χ3v) is 3.87. The molecule has 3 aliphatic rings. The van der Waals surface area contributed by atoms with Crippen molar-refractivity contribution in [2.45, 2.75) is 32.1 Å². The van der Waals surface area contributed by atoms with Gasteiger partial charge in [0.05, 0.1) is 0 Å². The van der Waals surface area contributed by atoms with Crippen molar-refractivity contribution in [1.82, 2.24) is 5.32 Å². The minimum absolute atomic E-state index is 0.907. The number of rotatable bonds is 3. The first kappa shape index (κ1) is 9.65. The maximum atomic E-state index is 5.13. The molecule has 3 rings (SSSR count). The zero-order valence-corrected chi connectivity index (χ0v) is 8.71. The van der Waals surface area contributed by atoms with Gasteiger partial charge in [0.2, 0.25) is 0 Å². The number of terminal acetylenes is 1. The molecule has 76 valence electrons. The van der Waals surface area contributed by atoms with E-state index in [0.717, 1.165) is 24.3 Å². The van der Waals surface area contributed by atoms with Gasteiger partial charge in [-0.2, -0.15) is 0 Å². The van der Waals surface area contributed by atoms with Gasteiger partial charge in [0.25, 0.3) is 0 Å². The molecular weight excluding hydrogens is 170 g/mol. The van der Waals surface area contributed by atoms with Gasteiger partial charge in [-0.05, 0) is 37.0 Å². The van der Waals surface area contributed by atoms with Crippen molar-refractivity contribution in [2.75, 3.05) is 6.54 Å². The molecule has 0 spiro atoms. The molecule has 1 unspecified atom stereocenters. The Bertz CT molecular complexity index is 240. The first-order valence-corrected chi connectivity index (χ1v) is 5.74. The minimum Gasteiger partial charge on any atom is -0.390 e. The Labute approximate surface area is 87.0 Å². The molecule has 3 aliphatic carbocycles. The summed E-state index contributed by atoms with van der Waals surface area (Å²) in [5, 5.41) is 3.32. The molecule has 0 aromatic heterocycles. The number of allylic oxidation sites excluding steroid dienone is 1. The van der Waals surface area contributed by atoms with Crippen LogP contribution in [0.25, 0.3) is 0 Å². The van der Waals surface area contributed by atoms with Crippen LogP contribution in [0, 0.1) is 30.1 Å². The summed E-state index contributed by atoms with van der Waals surface area (Å²) in [6.07, 6.45) is 16.1. The predicted octanol–water partition coefficient (Wildman–Crippen LogP) is 2.55. The molecular formula is C13H19N. The van der Waals surface area contributed by atoms with E-state index in [-0.39, 0.29) is 0 Å². The number of hydrogen-bond donors (Lipinski definition) is 1. The third kappa shape index (κ3) is 2.12. The Kier molecular flexibility index (Phi) is 3.14. The van der Waals surface area contributed by atoms with Gasteiger partial charge >= 0.3 is 0 Å². The quantitative estimate of drug-likeness (QED) is 0.673. The van der Waals surface area contributed by atoms with E-state index >= 15 is 0 Å². The summed E-state index contributed by atoms with van der Waals surface area (Å²) < 4.78 is 0. The van der Waals surface area contributed by atoms with E-state index in [1.807, 2.05) is 6.20 Å². The van der Waals surface area contributed by atoms with Gasteiger partial charge in [0.15, 0.2) is 0 Å². The summed E-state index contributed by atoms with van der Waals surface area (Å²) in [7, 11) is 0. The first-order valence-electron chi connectivity index (χ1n) is 5.74. The minimum atomic E-state index is 0.907. The van der Waals surface area contributed by atoms with Crippen molar-refractivity contribution < 1.29 is 0 Å². The highest BCUT2D eigenvalue weighted by Crippen LogP contribution is 2.44. The molecule has 0 amide bonds.